The van der Waals surface area contributed by atoms with Crippen LogP contribution >= 0.6 is 0 Å². The minimum Gasteiger partial charge on any atom is -0.381 e. The van der Waals surface area contributed by atoms with Gasteiger partial charge in [-0.15, -0.1) is 0 Å². The van der Waals surface area contributed by atoms with E-state index in [1.165, 1.54) is 38.5 Å². The number of nitrogens with zero attached hydrogens (tertiary/aromatic N) is 1. The normalized spacial score (nSPS) is 35.5. The molecular weight excluding hydrogens is 236 g/mol. The minimum atomic E-state index is 0.183. The van der Waals surface area contributed by atoms with E-state index in [0.29, 0.717) is 11.3 Å². The Morgan fingerprint density at radius 2 is 1.95 bits per heavy atom. The molecule has 2 N–H and O–H groups in total. The Labute approximate surface area is 118 Å². The standard InChI is InChI=1S/C16H32N2O/c1-15(2)8-4-5-9-16(15,13-17)18(3)11-14-7-6-10-19-12-14/h14H,4-13,17H2,1-3H3. The van der Waals surface area contributed by atoms with Crippen LogP contribution in [0.4, 0.5) is 0 Å². The van der Waals surface area contributed by atoms with Crippen LogP contribution in [0, 0.1) is 11.3 Å². The van der Waals surface area contributed by atoms with Crippen molar-refractivity contribution in [3.63, 3.8) is 0 Å². The highest BCUT2D eigenvalue weighted by Gasteiger charge is 2.48. The molecule has 1 heterocycles. The van der Waals surface area contributed by atoms with E-state index in [0.717, 1.165) is 26.3 Å². The van der Waals surface area contributed by atoms with Crippen LogP contribution in [0.25, 0.3) is 0 Å². The second-order valence-electron chi connectivity index (χ2n) is 7.29. The summed E-state index contributed by atoms with van der Waals surface area (Å²) in [5.41, 5.74) is 6.75. The topological polar surface area (TPSA) is 38.5 Å². The van der Waals surface area contributed by atoms with Crippen molar-refractivity contribution in [1.82, 2.24) is 4.90 Å². The highest BCUT2D eigenvalue weighted by Crippen LogP contribution is 2.46. The zero-order valence-electron chi connectivity index (χ0n) is 13.1. The van der Waals surface area contributed by atoms with Crippen LogP contribution < -0.4 is 5.73 Å². The van der Waals surface area contributed by atoms with Crippen molar-refractivity contribution in [1.29, 1.82) is 0 Å². The smallest absolute Gasteiger partial charge is 0.0506 e. The van der Waals surface area contributed by atoms with Crippen molar-refractivity contribution in [3.05, 3.63) is 0 Å². The molecule has 2 unspecified atom stereocenters. The fourth-order valence-electron chi connectivity index (χ4n) is 4.31. The molecule has 0 spiro atoms. The molecule has 1 saturated heterocycles. The number of nitrogens with two attached hydrogens (primary N) is 1. The zero-order valence-corrected chi connectivity index (χ0v) is 13.1. The van der Waals surface area contributed by atoms with E-state index in [1.54, 1.807) is 0 Å². The Bertz CT molecular complexity index is 286. The van der Waals surface area contributed by atoms with Gasteiger partial charge >= 0.3 is 0 Å². The highest BCUT2D eigenvalue weighted by atomic mass is 16.5. The lowest BCUT2D eigenvalue weighted by atomic mass is 9.62. The van der Waals surface area contributed by atoms with Gasteiger partial charge in [0.05, 0.1) is 6.61 Å². The molecule has 2 atom stereocenters. The lowest BCUT2D eigenvalue weighted by molar-refractivity contribution is -0.0500. The summed E-state index contributed by atoms with van der Waals surface area (Å²) < 4.78 is 5.63. The first kappa shape index (κ1) is 15.3. The van der Waals surface area contributed by atoms with E-state index in [1.807, 2.05) is 0 Å². The van der Waals surface area contributed by atoms with Crippen molar-refractivity contribution >= 4 is 0 Å². The fraction of sp³-hybridized carbons (Fsp3) is 1.00. The first-order chi connectivity index (χ1) is 9.02. The summed E-state index contributed by atoms with van der Waals surface area (Å²) in [6.07, 6.45) is 7.76. The largest absolute Gasteiger partial charge is 0.381 e. The minimum absolute atomic E-state index is 0.183. The number of rotatable bonds is 4. The third kappa shape index (κ3) is 2.98. The summed E-state index contributed by atoms with van der Waals surface area (Å²) in [6, 6.07) is 0. The summed E-state index contributed by atoms with van der Waals surface area (Å²) in [6.45, 7) is 8.63. The fourth-order valence-corrected chi connectivity index (χ4v) is 4.31. The number of hydrogen-bond acceptors (Lipinski definition) is 3. The van der Waals surface area contributed by atoms with Crippen molar-refractivity contribution in [3.8, 4) is 0 Å². The molecule has 1 saturated carbocycles. The van der Waals surface area contributed by atoms with Gasteiger partial charge in [-0.1, -0.05) is 26.7 Å². The van der Waals surface area contributed by atoms with Crippen molar-refractivity contribution in [2.45, 2.75) is 57.9 Å². The van der Waals surface area contributed by atoms with Crippen molar-refractivity contribution in [2.75, 3.05) is 33.4 Å². The summed E-state index contributed by atoms with van der Waals surface area (Å²) in [4.78, 5) is 2.57. The molecule has 19 heavy (non-hydrogen) atoms. The first-order valence-electron chi connectivity index (χ1n) is 8.01. The monoisotopic (exact) mass is 268 g/mol. The second kappa shape index (κ2) is 6.11. The summed E-state index contributed by atoms with van der Waals surface area (Å²) in [5, 5.41) is 0. The van der Waals surface area contributed by atoms with Crippen LogP contribution in [0.1, 0.15) is 52.4 Å². The third-order valence-corrected chi connectivity index (χ3v) is 5.76. The van der Waals surface area contributed by atoms with Gasteiger partial charge in [0.25, 0.3) is 0 Å². The van der Waals surface area contributed by atoms with Gasteiger partial charge in [-0.3, -0.25) is 4.90 Å². The molecule has 3 nitrogen and oxygen atoms in total. The Kier molecular flexibility index (Phi) is 4.91. The van der Waals surface area contributed by atoms with Crippen LogP contribution in [0.2, 0.25) is 0 Å². The average molecular weight is 268 g/mol. The Balaban J connectivity index is 2.06. The molecule has 2 rings (SSSR count). The molecule has 0 aromatic heterocycles. The van der Waals surface area contributed by atoms with E-state index < -0.39 is 0 Å². The molecule has 0 bridgehead atoms. The second-order valence-corrected chi connectivity index (χ2v) is 7.29. The molecule has 2 fully saturated rings. The van der Waals surface area contributed by atoms with E-state index >= 15 is 0 Å². The van der Waals surface area contributed by atoms with Crippen LogP contribution in [-0.2, 0) is 4.74 Å². The third-order valence-electron chi connectivity index (χ3n) is 5.76. The molecule has 1 aliphatic carbocycles. The van der Waals surface area contributed by atoms with Crippen molar-refractivity contribution in [2.24, 2.45) is 17.1 Å². The van der Waals surface area contributed by atoms with E-state index in [2.05, 4.69) is 25.8 Å². The number of ether oxygens (including phenoxy) is 1. The predicted molar refractivity (Wildman–Crippen MR) is 80.2 cm³/mol. The van der Waals surface area contributed by atoms with Gasteiger partial charge in [0.2, 0.25) is 0 Å². The SMILES string of the molecule is CN(CC1CCCOC1)C1(CN)CCCCC1(C)C. The highest BCUT2D eigenvalue weighted by molar-refractivity contribution is 5.04. The maximum atomic E-state index is 6.25. The quantitative estimate of drug-likeness (QED) is 0.852. The van der Waals surface area contributed by atoms with Crippen LogP contribution in [-0.4, -0.2) is 43.8 Å². The van der Waals surface area contributed by atoms with Crippen molar-refractivity contribution < 1.29 is 4.74 Å². The van der Waals surface area contributed by atoms with E-state index in [4.69, 9.17) is 10.5 Å². The number of likely N-dealkylation sites (N-methyl/N-ethyl adjacent to an activating group) is 1. The maximum Gasteiger partial charge on any atom is 0.0506 e. The molecule has 0 aromatic carbocycles. The molecule has 2 aliphatic rings. The van der Waals surface area contributed by atoms with E-state index in [9.17, 15) is 0 Å². The van der Waals surface area contributed by atoms with Crippen LogP contribution in [0.3, 0.4) is 0 Å². The van der Waals surface area contributed by atoms with Gasteiger partial charge < -0.3 is 10.5 Å². The maximum absolute atomic E-state index is 6.25. The van der Waals surface area contributed by atoms with Gasteiger partial charge in [0.15, 0.2) is 0 Å². The van der Waals surface area contributed by atoms with Gasteiger partial charge in [0, 0.05) is 25.2 Å². The molecule has 0 amide bonds. The first-order valence-corrected chi connectivity index (χ1v) is 8.01. The number of hydrogen-bond donors (Lipinski definition) is 1. The predicted octanol–water partition coefficient (Wildman–Crippen LogP) is 2.64. The molecular formula is C16H32N2O. The van der Waals surface area contributed by atoms with Crippen LogP contribution in [0.5, 0.6) is 0 Å². The lowest BCUT2D eigenvalue weighted by Crippen LogP contribution is -2.63. The van der Waals surface area contributed by atoms with E-state index in [-0.39, 0.29) is 5.54 Å². The average Bonchev–Trinajstić information content (AvgIpc) is 2.39. The Morgan fingerprint density at radius 3 is 2.53 bits per heavy atom. The molecule has 112 valence electrons. The lowest BCUT2D eigenvalue weighted by Gasteiger charge is -2.55. The zero-order chi connectivity index (χ0) is 13.9. The van der Waals surface area contributed by atoms with Gasteiger partial charge in [-0.05, 0) is 44.1 Å². The summed E-state index contributed by atoms with van der Waals surface area (Å²) >= 11 is 0. The molecule has 0 radical (unpaired) electrons. The molecule has 0 aromatic rings. The Hall–Kier alpha value is -0.120. The Morgan fingerprint density at radius 1 is 1.21 bits per heavy atom. The summed E-state index contributed by atoms with van der Waals surface area (Å²) in [5.74, 6) is 0.694. The van der Waals surface area contributed by atoms with Gasteiger partial charge in [-0.25, -0.2) is 0 Å². The molecule has 1 aliphatic heterocycles. The van der Waals surface area contributed by atoms with Gasteiger partial charge in [0.1, 0.15) is 0 Å². The molecule has 3 heteroatoms. The van der Waals surface area contributed by atoms with Gasteiger partial charge in [-0.2, -0.15) is 0 Å². The summed E-state index contributed by atoms with van der Waals surface area (Å²) in [7, 11) is 2.29. The van der Waals surface area contributed by atoms with Crippen LogP contribution in [0.15, 0.2) is 0 Å².